The predicted octanol–water partition coefficient (Wildman–Crippen LogP) is 4.79. The molecule has 1 fully saturated rings. The first-order chi connectivity index (χ1) is 14.0. The lowest BCUT2D eigenvalue weighted by molar-refractivity contribution is -0.112. The van der Waals surface area contributed by atoms with E-state index >= 15 is 0 Å². The van der Waals surface area contributed by atoms with Crippen molar-refractivity contribution in [2.24, 2.45) is 0 Å². The minimum Gasteiger partial charge on any atom is -0.319 e. The Hall–Kier alpha value is -2.51. The second-order valence-electron chi connectivity index (χ2n) is 6.78. The van der Waals surface area contributed by atoms with Crippen molar-refractivity contribution in [2.45, 2.75) is 18.4 Å². The average Bonchev–Trinajstić information content (AvgIpc) is 3.37. The van der Waals surface area contributed by atoms with E-state index in [-0.39, 0.29) is 0 Å². The molecule has 1 aliphatic rings. The first kappa shape index (κ1) is 19.8. The Bertz CT molecular complexity index is 1060. The van der Waals surface area contributed by atoms with Gasteiger partial charge in [0.2, 0.25) is 0 Å². The molecular weight excluding hydrogens is 402 g/mol. The van der Waals surface area contributed by atoms with Crippen LogP contribution in [-0.2, 0) is 4.79 Å². The van der Waals surface area contributed by atoms with Gasteiger partial charge >= 0.3 is 0 Å². The van der Waals surface area contributed by atoms with Crippen LogP contribution in [0.1, 0.15) is 31.9 Å². The second-order valence-corrected chi connectivity index (χ2v) is 9.50. The van der Waals surface area contributed by atoms with Crippen LogP contribution in [0.2, 0.25) is 0 Å². The van der Waals surface area contributed by atoms with Gasteiger partial charge in [-0.3, -0.25) is 9.59 Å². The van der Waals surface area contributed by atoms with Crippen molar-refractivity contribution in [1.29, 1.82) is 0 Å². The number of carbonyl (C=O) groups excluding carboxylic acids is 2. The van der Waals surface area contributed by atoms with E-state index in [1.54, 1.807) is 11.6 Å². The summed E-state index contributed by atoms with van der Waals surface area (Å²) in [5.74, 6) is 1.05. The van der Waals surface area contributed by atoms with Crippen LogP contribution in [0.25, 0.3) is 5.69 Å². The number of hydrogen-bond acceptors (Lipinski definition) is 5. The minimum absolute atomic E-state index is 0.351. The van der Waals surface area contributed by atoms with Crippen LogP contribution >= 0.6 is 23.5 Å². The molecule has 148 valence electrons. The van der Waals surface area contributed by atoms with Gasteiger partial charge in [-0.05, 0) is 43.7 Å². The van der Waals surface area contributed by atoms with Gasteiger partial charge in [0.05, 0.1) is 27.2 Å². The van der Waals surface area contributed by atoms with E-state index < -0.39 is 11.7 Å². The Labute approximate surface area is 178 Å². The SMILES string of the molecule is Cc1nn(-c2ccccc2)c(C)c1C(=O)C(=O)Nc1cccc(C2SCCS2)c1. The molecule has 0 atom stereocenters. The molecule has 0 bridgehead atoms. The number of benzene rings is 2. The maximum Gasteiger partial charge on any atom is 0.296 e. The maximum atomic E-state index is 12.9. The zero-order valence-corrected chi connectivity index (χ0v) is 17.8. The molecule has 0 saturated carbocycles. The number of thioether (sulfide) groups is 2. The molecule has 29 heavy (non-hydrogen) atoms. The number of aryl methyl sites for hydroxylation is 1. The van der Waals surface area contributed by atoms with Crippen molar-refractivity contribution >= 4 is 40.9 Å². The van der Waals surface area contributed by atoms with Crippen LogP contribution < -0.4 is 5.32 Å². The zero-order valence-electron chi connectivity index (χ0n) is 16.2. The third-order valence-electron chi connectivity index (χ3n) is 4.76. The highest BCUT2D eigenvalue weighted by atomic mass is 32.2. The summed E-state index contributed by atoms with van der Waals surface area (Å²) in [5, 5.41) is 7.23. The molecule has 0 unspecified atom stereocenters. The minimum atomic E-state index is -0.646. The highest BCUT2D eigenvalue weighted by molar-refractivity contribution is 8.19. The van der Waals surface area contributed by atoms with E-state index in [1.807, 2.05) is 79.0 Å². The van der Waals surface area contributed by atoms with Crippen molar-refractivity contribution in [3.8, 4) is 5.69 Å². The Kier molecular flexibility index (Phi) is 5.78. The zero-order chi connectivity index (χ0) is 20.4. The summed E-state index contributed by atoms with van der Waals surface area (Å²) in [6.45, 7) is 3.56. The number of nitrogens with zero attached hydrogens (tertiary/aromatic N) is 2. The fourth-order valence-electron chi connectivity index (χ4n) is 3.41. The number of ketones is 1. The van der Waals surface area contributed by atoms with Gasteiger partial charge in [0.1, 0.15) is 0 Å². The van der Waals surface area contributed by atoms with Gasteiger partial charge in [0.15, 0.2) is 0 Å². The summed E-state index contributed by atoms with van der Waals surface area (Å²) < 4.78 is 2.08. The lowest BCUT2D eigenvalue weighted by Crippen LogP contribution is -2.24. The Morgan fingerprint density at radius 1 is 1.03 bits per heavy atom. The van der Waals surface area contributed by atoms with Crippen molar-refractivity contribution in [2.75, 3.05) is 16.8 Å². The fourth-order valence-corrected chi connectivity index (χ4v) is 6.25. The quantitative estimate of drug-likeness (QED) is 0.472. The van der Waals surface area contributed by atoms with Crippen LogP contribution in [0.15, 0.2) is 54.6 Å². The summed E-state index contributed by atoms with van der Waals surface area (Å²) in [6, 6.07) is 17.3. The van der Waals surface area contributed by atoms with E-state index in [4.69, 9.17) is 0 Å². The lowest BCUT2D eigenvalue weighted by Gasteiger charge is -2.11. The number of amides is 1. The molecule has 5 nitrogen and oxygen atoms in total. The van der Waals surface area contributed by atoms with Gasteiger partial charge in [0, 0.05) is 17.2 Å². The smallest absolute Gasteiger partial charge is 0.296 e. The maximum absolute atomic E-state index is 12.9. The summed E-state index contributed by atoms with van der Waals surface area (Å²) >= 11 is 3.81. The molecule has 4 rings (SSSR count). The van der Waals surface area contributed by atoms with Gasteiger partial charge in [0.25, 0.3) is 11.7 Å². The van der Waals surface area contributed by atoms with Gasteiger partial charge in [-0.1, -0.05) is 30.3 Å². The molecule has 0 radical (unpaired) electrons. The monoisotopic (exact) mass is 423 g/mol. The molecule has 2 aromatic carbocycles. The number of anilines is 1. The first-order valence-corrected chi connectivity index (χ1v) is 11.4. The summed E-state index contributed by atoms with van der Waals surface area (Å²) in [6.07, 6.45) is 0. The third kappa shape index (κ3) is 4.11. The number of rotatable bonds is 5. The van der Waals surface area contributed by atoms with Crippen molar-refractivity contribution in [1.82, 2.24) is 9.78 Å². The molecule has 0 aliphatic carbocycles. The average molecular weight is 424 g/mol. The van der Waals surface area contributed by atoms with E-state index in [2.05, 4.69) is 16.5 Å². The van der Waals surface area contributed by atoms with E-state index in [9.17, 15) is 9.59 Å². The largest absolute Gasteiger partial charge is 0.319 e. The Morgan fingerprint density at radius 3 is 2.48 bits per heavy atom. The molecule has 1 N–H and O–H groups in total. The number of para-hydroxylation sites is 1. The number of nitrogens with one attached hydrogen (secondary N) is 1. The van der Waals surface area contributed by atoms with Crippen LogP contribution in [0.5, 0.6) is 0 Å². The number of carbonyl (C=O) groups is 2. The van der Waals surface area contributed by atoms with Crippen LogP contribution in [-0.4, -0.2) is 33.0 Å². The van der Waals surface area contributed by atoms with Crippen molar-refractivity contribution < 1.29 is 9.59 Å². The van der Waals surface area contributed by atoms with Gasteiger partial charge in [-0.15, -0.1) is 23.5 Å². The molecule has 3 aromatic rings. The van der Waals surface area contributed by atoms with Gasteiger partial charge in [-0.2, -0.15) is 5.10 Å². The van der Waals surface area contributed by atoms with Crippen LogP contribution in [0.4, 0.5) is 5.69 Å². The van der Waals surface area contributed by atoms with Crippen molar-refractivity contribution in [3.63, 3.8) is 0 Å². The van der Waals surface area contributed by atoms with Crippen LogP contribution in [0, 0.1) is 13.8 Å². The number of aromatic nitrogens is 2. The predicted molar refractivity (Wildman–Crippen MR) is 120 cm³/mol. The Morgan fingerprint density at radius 2 is 1.76 bits per heavy atom. The number of hydrogen-bond donors (Lipinski definition) is 1. The molecule has 2 heterocycles. The topological polar surface area (TPSA) is 64.0 Å². The highest BCUT2D eigenvalue weighted by Crippen LogP contribution is 2.45. The van der Waals surface area contributed by atoms with Gasteiger partial charge in [-0.25, -0.2) is 4.68 Å². The fraction of sp³-hybridized carbons (Fsp3) is 0.227. The van der Waals surface area contributed by atoms with Crippen molar-refractivity contribution in [3.05, 3.63) is 77.1 Å². The van der Waals surface area contributed by atoms with E-state index in [0.29, 0.717) is 27.2 Å². The second kappa shape index (κ2) is 8.47. The standard InChI is InChI=1S/C22H21N3O2S2/c1-14-19(15(2)25(24-14)18-9-4-3-5-10-18)20(26)21(27)23-17-8-6-7-16(13-17)22-28-11-12-29-22/h3-10,13,22H,11-12H2,1-2H3,(H,23,27). The first-order valence-electron chi connectivity index (χ1n) is 9.35. The normalized spacial score (nSPS) is 14.1. The molecular formula is C22H21N3O2S2. The molecule has 1 aliphatic heterocycles. The molecule has 0 spiro atoms. The molecule has 7 heteroatoms. The summed E-state index contributed by atoms with van der Waals surface area (Å²) in [7, 11) is 0. The van der Waals surface area contributed by atoms with Gasteiger partial charge < -0.3 is 5.32 Å². The highest BCUT2D eigenvalue weighted by Gasteiger charge is 2.25. The van der Waals surface area contributed by atoms with E-state index in [1.165, 1.54) is 0 Å². The van der Waals surface area contributed by atoms with Crippen LogP contribution in [0.3, 0.4) is 0 Å². The molecule has 1 aromatic heterocycles. The third-order valence-corrected chi connectivity index (χ3v) is 7.87. The summed E-state index contributed by atoms with van der Waals surface area (Å²) in [5.41, 5.74) is 4.20. The van der Waals surface area contributed by atoms with E-state index in [0.717, 1.165) is 22.8 Å². The summed E-state index contributed by atoms with van der Waals surface area (Å²) in [4.78, 5) is 25.6. The molecule has 1 amide bonds. The number of Topliss-reactive ketones (excluding diaryl/α,β-unsaturated/α-hetero) is 1. The molecule has 1 saturated heterocycles. The Balaban J connectivity index is 1.55. The lowest BCUT2D eigenvalue weighted by atomic mass is 10.1.